The lowest BCUT2D eigenvalue weighted by molar-refractivity contribution is -0.136. The Kier molecular flexibility index (Phi) is 5.29. The zero-order valence-electron chi connectivity index (χ0n) is 10.8. The van der Waals surface area contributed by atoms with Crippen LogP contribution in [0.4, 0.5) is 0 Å². The van der Waals surface area contributed by atoms with Crippen LogP contribution in [0.3, 0.4) is 0 Å². The summed E-state index contributed by atoms with van der Waals surface area (Å²) in [5.41, 5.74) is -1.28. The van der Waals surface area contributed by atoms with Gasteiger partial charge < -0.3 is 10.4 Å². The van der Waals surface area contributed by atoms with Gasteiger partial charge in [-0.15, -0.1) is 0 Å². The maximum absolute atomic E-state index is 11.5. The molecular formula is C12H25NO2. The van der Waals surface area contributed by atoms with E-state index in [9.17, 15) is 9.90 Å². The van der Waals surface area contributed by atoms with E-state index < -0.39 is 5.60 Å². The van der Waals surface area contributed by atoms with Crippen molar-refractivity contribution < 1.29 is 9.90 Å². The SMILES string of the molecule is CC(C)C(CNC(=O)C(C)(C)O)C(C)C. The van der Waals surface area contributed by atoms with Gasteiger partial charge in [0.25, 0.3) is 5.91 Å². The van der Waals surface area contributed by atoms with Crippen molar-refractivity contribution in [3.63, 3.8) is 0 Å². The summed E-state index contributed by atoms with van der Waals surface area (Å²) in [6, 6.07) is 0. The van der Waals surface area contributed by atoms with Crippen LogP contribution in [0.15, 0.2) is 0 Å². The average Bonchev–Trinajstić information content (AvgIpc) is 2.00. The molecule has 0 rings (SSSR count). The third-order valence-electron chi connectivity index (χ3n) is 2.77. The average molecular weight is 215 g/mol. The van der Waals surface area contributed by atoms with Crippen molar-refractivity contribution >= 4 is 5.91 Å². The van der Waals surface area contributed by atoms with Crippen molar-refractivity contribution in [1.29, 1.82) is 0 Å². The van der Waals surface area contributed by atoms with Crippen molar-refractivity contribution in [2.24, 2.45) is 17.8 Å². The zero-order valence-corrected chi connectivity index (χ0v) is 10.8. The molecule has 0 saturated carbocycles. The minimum Gasteiger partial charge on any atom is -0.381 e. The number of amides is 1. The number of rotatable bonds is 5. The number of nitrogens with one attached hydrogen (secondary N) is 1. The fourth-order valence-corrected chi connectivity index (χ4v) is 1.67. The molecule has 0 heterocycles. The topological polar surface area (TPSA) is 49.3 Å². The molecule has 0 unspecified atom stereocenters. The fraction of sp³-hybridized carbons (Fsp3) is 0.917. The molecule has 0 aliphatic heterocycles. The molecule has 3 nitrogen and oxygen atoms in total. The van der Waals surface area contributed by atoms with E-state index in [0.29, 0.717) is 24.3 Å². The standard InChI is InChI=1S/C12H25NO2/c1-8(2)10(9(3)4)7-13-11(14)12(5,6)15/h8-10,15H,7H2,1-6H3,(H,13,14). The van der Waals surface area contributed by atoms with Gasteiger partial charge >= 0.3 is 0 Å². The highest BCUT2D eigenvalue weighted by Gasteiger charge is 2.25. The lowest BCUT2D eigenvalue weighted by Gasteiger charge is -2.26. The third kappa shape index (κ3) is 5.17. The van der Waals surface area contributed by atoms with Crippen LogP contribution in [-0.4, -0.2) is 23.2 Å². The Morgan fingerprint density at radius 2 is 1.60 bits per heavy atom. The van der Waals surface area contributed by atoms with E-state index in [0.717, 1.165) is 0 Å². The number of hydrogen-bond acceptors (Lipinski definition) is 2. The summed E-state index contributed by atoms with van der Waals surface area (Å²) < 4.78 is 0. The van der Waals surface area contributed by atoms with Gasteiger partial charge in [0.2, 0.25) is 0 Å². The van der Waals surface area contributed by atoms with Crippen LogP contribution in [0.25, 0.3) is 0 Å². The first-order chi connectivity index (χ1) is 6.66. The first kappa shape index (κ1) is 14.4. The maximum Gasteiger partial charge on any atom is 0.251 e. The lowest BCUT2D eigenvalue weighted by atomic mass is 9.85. The number of carbonyl (C=O) groups excluding carboxylic acids is 1. The van der Waals surface area contributed by atoms with Crippen LogP contribution in [0.2, 0.25) is 0 Å². The van der Waals surface area contributed by atoms with E-state index in [2.05, 4.69) is 33.0 Å². The highest BCUT2D eigenvalue weighted by Crippen LogP contribution is 2.19. The molecule has 0 aliphatic rings. The maximum atomic E-state index is 11.5. The minimum atomic E-state index is -1.28. The fourth-order valence-electron chi connectivity index (χ4n) is 1.67. The van der Waals surface area contributed by atoms with Crippen LogP contribution in [0.5, 0.6) is 0 Å². The third-order valence-corrected chi connectivity index (χ3v) is 2.77. The van der Waals surface area contributed by atoms with Crippen LogP contribution in [-0.2, 0) is 4.79 Å². The summed E-state index contributed by atoms with van der Waals surface area (Å²) >= 11 is 0. The summed E-state index contributed by atoms with van der Waals surface area (Å²) in [6.45, 7) is 12.3. The van der Waals surface area contributed by atoms with Gasteiger partial charge in [-0.2, -0.15) is 0 Å². The molecule has 90 valence electrons. The van der Waals surface area contributed by atoms with E-state index in [1.807, 2.05) is 0 Å². The molecule has 3 heteroatoms. The Morgan fingerprint density at radius 3 is 1.87 bits per heavy atom. The van der Waals surface area contributed by atoms with Crippen LogP contribution >= 0.6 is 0 Å². The van der Waals surface area contributed by atoms with Crippen molar-refractivity contribution in [2.75, 3.05) is 6.54 Å². The Balaban J connectivity index is 4.18. The Bertz CT molecular complexity index is 196. The highest BCUT2D eigenvalue weighted by atomic mass is 16.3. The van der Waals surface area contributed by atoms with Gasteiger partial charge in [-0.05, 0) is 31.6 Å². The predicted molar refractivity (Wildman–Crippen MR) is 62.5 cm³/mol. The van der Waals surface area contributed by atoms with Gasteiger partial charge in [0.15, 0.2) is 0 Å². The molecule has 0 radical (unpaired) electrons. The normalized spacial score (nSPS) is 12.7. The molecule has 0 aromatic carbocycles. The second kappa shape index (κ2) is 5.50. The Morgan fingerprint density at radius 1 is 1.20 bits per heavy atom. The summed E-state index contributed by atoms with van der Waals surface area (Å²) in [7, 11) is 0. The van der Waals surface area contributed by atoms with Gasteiger partial charge in [-0.3, -0.25) is 4.79 Å². The second-order valence-corrected chi connectivity index (χ2v) is 5.42. The molecule has 2 N–H and O–H groups in total. The zero-order chi connectivity index (χ0) is 12.2. The van der Waals surface area contributed by atoms with Crippen LogP contribution in [0, 0.1) is 17.8 Å². The van der Waals surface area contributed by atoms with Crippen molar-refractivity contribution in [2.45, 2.75) is 47.1 Å². The molecule has 0 atom stereocenters. The van der Waals surface area contributed by atoms with Gasteiger partial charge in [0.1, 0.15) is 5.60 Å². The summed E-state index contributed by atoms with van der Waals surface area (Å²) in [6.07, 6.45) is 0. The molecule has 0 aliphatic carbocycles. The molecule has 0 saturated heterocycles. The smallest absolute Gasteiger partial charge is 0.251 e. The predicted octanol–water partition coefficient (Wildman–Crippen LogP) is 1.80. The Hall–Kier alpha value is -0.570. The monoisotopic (exact) mass is 215 g/mol. The summed E-state index contributed by atoms with van der Waals surface area (Å²) in [5, 5.41) is 12.3. The summed E-state index contributed by atoms with van der Waals surface area (Å²) in [5.74, 6) is 1.23. The number of hydrogen-bond donors (Lipinski definition) is 2. The molecule has 0 bridgehead atoms. The van der Waals surface area contributed by atoms with Gasteiger partial charge in [-0.1, -0.05) is 27.7 Å². The van der Waals surface area contributed by atoms with E-state index in [1.54, 1.807) is 0 Å². The lowest BCUT2D eigenvalue weighted by Crippen LogP contribution is -2.45. The Labute approximate surface area is 93.3 Å². The van der Waals surface area contributed by atoms with Gasteiger partial charge in [0, 0.05) is 6.54 Å². The van der Waals surface area contributed by atoms with Gasteiger partial charge in [-0.25, -0.2) is 0 Å². The molecular weight excluding hydrogens is 190 g/mol. The summed E-state index contributed by atoms with van der Waals surface area (Å²) in [4.78, 5) is 11.5. The molecule has 0 fully saturated rings. The molecule has 15 heavy (non-hydrogen) atoms. The largest absolute Gasteiger partial charge is 0.381 e. The quantitative estimate of drug-likeness (QED) is 0.734. The van der Waals surface area contributed by atoms with E-state index >= 15 is 0 Å². The molecule has 0 aromatic heterocycles. The van der Waals surface area contributed by atoms with Crippen LogP contribution < -0.4 is 5.32 Å². The van der Waals surface area contributed by atoms with Gasteiger partial charge in [0.05, 0.1) is 0 Å². The molecule has 0 aromatic rings. The van der Waals surface area contributed by atoms with E-state index in [1.165, 1.54) is 13.8 Å². The minimum absolute atomic E-state index is 0.297. The number of aliphatic hydroxyl groups is 1. The molecule has 0 spiro atoms. The van der Waals surface area contributed by atoms with Crippen molar-refractivity contribution in [3.05, 3.63) is 0 Å². The van der Waals surface area contributed by atoms with E-state index in [-0.39, 0.29) is 5.91 Å². The first-order valence-electron chi connectivity index (χ1n) is 5.67. The molecule has 1 amide bonds. The second-order valence-electron chi connectivity index (χ2n) is 5.42. The van der Waals surface area contributed by atoms with E-state index in [4.69, 9.17) is 0 Å². The number of carbonyl (C=O) groups is 1. The van der Waals surface area contributed by atoms with Crippen molar-refractivity contribution in [3.8, 4) is 0 Å². The highest BCUT2D eigenvalue weighted by molar-refractivity contribution is 5.83. The van der Waals surface area contributed by atoms with Crippen LogP contribution in [0.1, 0.15) is 41.5 Å². The van der Waals surface area contributed by atoms with Crippen molar-refractivity contribution in [1.82, 2.24) is 5.32 Å². The first-order valence-corrected chi connectivity index (χ1v) is 5.67.